The van der Waals surface area contributed by atoms with Crippen LogP contribution >= 0.6 is 0 Å². The fourth-order valence-electron chi connectivity index (χ4n) is 1.35. The van der Waals surface area contributed by atoms with Gasteiger partial charge in [-0.05, 0) is 24.3 Å². The molecule has 0 aromatic heterocycles. The van der Waals surface area contributed by atoms with Gasteiger partial charge in [0.25, 0.3) is 0 Å². The van der Waals surface area contributed by atoms with Gasteiger partial charge in [0.2, 0.25) is 0 Å². The summed E-state index contributed by atoms with van der Waals surface area (Å²) < 4.78 is 52.8. The van der Waals surface area contributed by atoms with Crippen LogP contribution in [0.25, 0.3) is 0 Å². The molecule has 0 atom stereocenters. The molecule has 6 heteroatoms. The molecule has 2 rings (SSSR count). The highest BCUT2D eigenvalue weighted by Gasteiger charge is 2.01. The van der Waals surface area contributed by atoms with Crippen molar-refractivity contribution in [2.45, 2.75) is 0 Å². The number of benzene rings is 2. The van der Waals surface area contributed by atoms with E-state index in [9.17, 15) is 17.6 Å². The van der Waals surface area contributed by atoms with E-state index in [1.165, 1.54) is 12.1 Å². The van der Waals surface area contributed by atoms with Crippen LogP contribution in [0, 0.1) is 23.3 Å². The number of para-hydroxylation sites is 2. The van der Waals surface area contributed by atoms with Gasteiger partial charge in [0.1, 0.15) is 0 Å². The third-order valence-electron chi connectivity index (χ3n) is 2.25. The molecule has 2 nitrogen and oxygen atoms in total. The standard InChI is InChI=1S/C13H7F4N2/c14-8-3-1-4-9(15)12(8)18-7-19-13-10(16)5-2-6-11(13)17/h1-6H,(H,18,19)/q-1. The maximum atomic E-state index is 13.2. The van der Waals surface area contributed by atoms with Crippen molar-refractivity contribution in [3.8, 4) is 0 Å². The van der Waals surface area contributed by atoms with Gasteiger partial charge >= 0.3 is 0 Å². The second kappa shape index (κ2) is 5.51. The highest BCUT2D eigenvalue weighted by atomic mass is 19.1. The molecule has 0 spiro atoms. The van der Waals surface area contributed by atoms with Crippen LogP contribution in [0.5, 0.6) is 0 Å². The zero-order valence-electron chi connectivity index (χ0n) is 9.42. The summed E-state index contributed by atoms with van der Waals surface area (Å²) in [5, 5.41) is 2.08. The van der Waals surface area contributed by atoms with E-state index in [0.717, 1.165) is 24.3 Å². The molecule has 1 N–H and O–H groups in total. The average molecular weight is 267 g/mol. The van der Waals surface area contributed by atoms with Crippen LogP contribution in [0.4, 0.5) is 28.9 Å². The SMILES string of the molecule is Fc1cccc(F)c1N=[C-]Nc1c(F)cccc1F. The molecule has 0 saturated carbocycles. The van der Waals surface area contributed by atoms with Gasteiger partial charge in [-0.25, -0.2) is 17.6 Å². The van der Waals surface area contributed by atoms with Crippen molar-refractivity contribution in [1.82, 2.24) is 0 Å². The van der Waals surface area contributed by atoms with E-state index in [-0.39, 0.29) is 0 Å². The van der Waals surface area contributed by atoms with Gasteiger partial charge in [-0.1, -0.05) is 12.1 Å². The lowest BCUT2D eigenvalue weighted by atomic mass is 10.3. The number of hydrogen-bond donors (Lipinski definition) is 1. The number of halogens is 4. The summed E-state index contributed by atoms with van der Waals surface area (Å²) >= 11 is 0. The molecule has 0 amide bonds. The summed E-state index contributed by atoms with van der Waals surface area (Å²) in [6.07, 6.45) is 2.00. The molecule has 0 bridgehead atoms. The minimum absolute atomic E-state index is 0.497. The Morgan fingerprint density at radius 2 is 1.26 bits per heavy atom. The van der Waals surface area contributed by atoms with Crippen molar-refractivity contribution < 1.29 is 17.6 Å². The van der Waals surface area contributed by atoms with E-state index in [1.54, 1.807) is 0 Å². The highest BCUT2D eigenvalue weighted by Crippen LogP contribution is 2.21. The van der Waals surface area contributed by atoms with Crippen LogP contribution in [0.15, 0.2) is 41.4 Å². The predicted molar refractivity (Wildman–Crippen MR) is 63.4 cm³/mol. The molecular formula is C13H7F4N2-. The monoisotopic (exact) mass is 267 g/mol. The topological polar surface area (TPSA) is 24.4 Å². The van der Waals surface area contributed by atoms with E-state index < -0.39 is 34.6 Å². The first-order valence-electron chi connectivity index (χ1n) is 5.19. The second-order valence-electron chi connectivity index (χ2n) is 3.52. The van der Waals surface area contributed by atoms with Gasteiger partial charge in [-0.3, -0.25) is 0 Å². The first kappa shape index (κ1) is 13.1. The van der Waals surface area contributed by atoms with Gasteiger partial charge in [-0.15, -0.1) is 0 Å². The van der Waals surface area contributed by atoms with Crippen molar-refractivity contribution >= 4 is 17.7 Å². The zero-order valence-corrected chi connectivity index (χ0v) is 9.42. The lowest BCUT2D eigenvalue weighted by molar-refractivity contribution is 0.587. The minimum atomic E-state index is -0.900. The summed E-state index contributed by atoms with van der Waals surface area (Å²) in [5.41, 5.74) is -1.09. The van der Waals surface area contributed by atoms with Crippen LogP contribution in [-0.2, 0) is 0 Å². The molecule has 0 saturated heterocycles. The van der Waals surface area contributed by atoms with Gasteiger partial charge < -0.3 is 10.3 Å². The lowest BCUT2D eigenvalue weighted by Crippen LogP contribution is -2.00. The second-order valence-corrected chi connectivity index (χ2v) is 3.52. The van der Waals surface area contributed by atoms with Crippen LogP contribution in [0.1, 0.15) is 0 Å². The van der Waals surface area contributed by atoms with Crippen molar-refractivity contribution in [2.75, 3.05) is 5.32 Å². The number of hydrogen-bond acceptors (Lipinski definition) is 1. The van der Waals surface area contributed by atoms with Crippen LogP contribution < -0.4 is 5.32 Å². The largest absolute Gasteiger partial charge is 0.447 e. The van der Waals surface area contributed by atoms with Gasteiger partial charge in [0.15, 0.2) is 0 Å². The van der Waals surface area contributed by atoms with Crippen LogP contribution in [0.2, 0.25) is 0 Å². The number of anilines is 1. The maximum absolute atomic E-state index is 13.2. The first-order valence-corrected chi connectivity index (χ1v) is 5.19. The molecule has 0 aliphatic carbocycles. The fraction of sp³-hybridized carbons (Fsp3) is 0. The molecule has 2 aromatic rings. The number of aliphatic imine (C=N–C) groups is 1. The Morgan fingerprint density at radius 1 is 0.789 bits per heavy atom. The average Bonchev–Trinajstić information content (AvgIpc) is 2.36. The van der Waals surface area contributed by atoms with E-state index in [4.69, 9.17) is 0 Å². The molecule has 0 fully saturated rings. The van der Waals surface area contributed by atoms with Crippen molar-refractivity contribution in [2.24, 2.45) is 4.99 Å². The Kier molecular flexibility index (Phi) is 3.79. The highest BCUT2D eigenvalue weighted by molar-refractivity contribution is 5.78. The summed E-state index contributed by atoms with van der Waals surface area (Å²) in [6, 6.07) is 6.42. The molecule has 0 unspecified atom stereocenters. The molecule has 0 aliphatic rings. The van der Waals surface area contributed by atoms with Crippen LogP contribution in [0.3, 0.4) is 0 Å². The summed E-state index contributed by atoms with van der Waals surface area (Å²) in [4.78, 5) is 3.34. The Labute approximate surface area is 106 Å². The first-order chi connectivity index (χ1) is 9.09. The molecule has 0 aliphatic heterocycles. The smallest absolute Gasteiger partial charge is 0.0966 e. The minimum Gasteiger partial charge on any atom is -0.447 e. The van der Waals surface area contributed by atoms with Crippen molar-refractivity contribution in [3.63, 3.8) is 0 Å². The normalized spacial score (nSPS) is 10.9. The number of rotatable bonds is 3. The quantitative estimate of drug-likeness (QED) is 0.295. The summed E-state index contributed by atoms with van der Waals surface area (Å²) in [5.74, 6) is -3.53. The third-order valence-corrected chi connectivity index (χ3v) is 2.25. The third kappa shape index (κ3) is 2.90. The molecule has 98 valence electrons. The Hall–Kier alpha value is -2.37. The van der Waals surface area contributed by atoms with Gasteiger partial charge in [0, 0.05) is 17.7 Å². The summed E-state index contributed by atoms with van der Waals surface area (Å²) in [6.45, 7) is 0. The van der Waals surface area contributed by atoms with Crippen molar-refractivity contribution in [3.05, 3.63) is 59.7 Å². The molecular weight excluding hydrogens is 260 g/mol. The molecule has 19 heavy (non-hydrogen) atoms. The van der Waals surface area contributed by atoms with Crippen LogP contribution in [-0.4, -0.2) is 6.34 Å². The van der Waals surface area contributed by atoms with E-state index >= 15 is 0 Å². The van der Waals surface area contributed by atoms with Gasteiger partial charge in [0.05, 0.1) is 23.3 Å². The molecule has 0 radical (unpaired) electrons. The van der Waals surface area contributed by atoms with Crippen molar-refractivity contribution in [1.29, 1.82) is 0 Å². The Bertz CT molecular complexity index is 586. The van der Waals surface area contributed by atoms with Gasteiger partial charge in [-0.2, -0.15) is 0 Å². The Balaban J connectivity index is 2.21. The van der Waals surface area contributed by atoms with E-state index in [2.05, 4.69) is 10.3 Å². The predicted octanol–water partition coefficient (Wildman–Crippen LogP) is 3.89. The molecule has 0 heterocycles. The lowest BCUT2D eigenvalue weighted by Gasteiger charge is -2.11. The molecule has 2 aromatic carbocycles. The summed E-state index contributed by atoms with van der Waals surface area (Å²) in [7, 11) is 0. The number of nitrogens with zero attached hydrogens (tertiary/aromatic N) is 1. The zero-order chi connectivity index (χ0) is 13.8. The Morgan fingerprint density at radius 3 is 1.79 bits per heavy atom. The van der Waals surface area contributed by atoms with E-state index in [0.29, 0.717) is 0 Å². The van der Waals surface area contributed by atoms with E-state index in [1.807, 2.05) is 6.34 Å². The number of nitrogens with one attached hydrogen (secondary N) is 1. The fourth-order valence-corrected chi connectivity index (χ4v) is 1.35. The maximum Gasteiger partial charge on any atom is 0.0966 e.